The molecule has 0 aliphatic carbocycles. The van der Waals surface area contributed by atoms with Gasteiger partial charge in [-0.3, -0.25) is 4.79 Å². The van der Waals surface area contributed by atoms with Crippen LogP contribution in [0.2, 0.25) is 0 Å². The lowest BCUT2D eigenvalue weighted by Crippen LogP contribution is -2.47. The molecule has 0 spiro atoms. The average Bonchev–Trinajstić information content (AvgIpc) is 2.26. The van der Waals surface area contributed by atoms with E-state index < -0.39 is 14.6 Å². The summed E-state index contributed by atoms with van der Waals surface area (Å²) >= 11 is 0. The van der Waals surface area contributed by atoms with Crippen LogP contribution in [-0.2, 0) is 19.4 Å². The SMILES string of the molecule is CC(C)(CNC(=O)CC1COCCN1)S(C)(=O)=O. The van der Waals surface area contributed by atoms with Crippen molar-refractivity contribution < 1.29 is 17.9 Å². The topological polar surface area (TPSA) is 84.5 Å². The lowest BCUT2D eigenvalue weighted by Gasteiger charge is -2.25. The molecule has 1 heterocycles. The second-order valence-corrected chi connectivity index (χ2v) is 7.89. The van der Waals surface area contributed by atoms with Crippen LogP contribution in [0.25, 0.3) is 0 Å². The molecule has 1 saturated heterocycles. The van der Waals surface area contributed by atoms with Gasteiger partial charge in [-0.05, 0) is 13.8 Å². The highest BCUT2D eigenvalue weighted by molar-refractivity contribution is 7.92. The van der Waals surface area contributed by atoms with E-state index in [1.54, 1.807) is 13.8 Å². The predicted molar refractivity (Wildman–Crippen MR) is 69.2 cm³/mol. The summed E-state index contributed by atoms with van der Waals surface area (Å²) in [7, 11) is -3.19. The third-order valence-corrected chi connectivity index (χ3v) is 5.30. The summed E-state index contributed by atoms with van der Waals surface area (Å²) in [6.45, 7) is 5.25. The van der Waals surface area contributed by atoms with Crippen LogP contribution in [0.5, 0.6) is 0 Å². The van der Waals surface area contributed by atoms with E-state index in [4.69, 9.17) is 4.74 Å². The van der Waals surface area contributed by atoms with Gasteiger partial charge in [0.1, 0.15) is 0 Å². The minimum absolute atomic E-state index is 0.0140. The molecular weight excluding hydrogens is 256 g/mol. The molecule has 7 heteroatoms. The second kappa shape index (κ2) is 5.99. The van der Waals surface area contributed by atoms with E-state index in [-0.39, 0.29) is 18.5 Å². The van der Waals surface area contributed by atoms with Gasteiger partial charge in [-0.2, -0.15) is 0 Å². The van der Waals surface area contributed by atoms with Gasteiger partial charge < -0.3 is 15.4 Å². The Hall–Kier alpha value is -0.660. The minimum atomic E-state index is -3.19. The number of sulfone groups is 1. The molecule has 1 aliphatic heterocycles. The Morgan fingerprint density at radius 2 is 2.17 bits per heavy atom. The first kappa shape index (κ1) is 15.4. The zero-order chi connectivity index (χ0) is 13.8. The van der Waals surface area contributed by atoms with Crippen LogP contribution < -0.4 is 10.6 Å². The van der Waals surface area contributed by atoms with Crippen LogP contribution in [0.3, 0.4) is 0 Å². The Morgan fingerprint density at radius 1 is 1.50 bits per heavy atom. The smallest absolute Gasteiger partial charge is 0.221 e. The van der Waals surface area contributed by atoms with E-state index >= 15 is 0 Å². The lowest BCUT2D eigenvalue weighted by molar-refractivity contribution is -0.122. The first-order valence-corrected chi connectivity index (χ1v) is 7.89. The summed E-state index contributed by atoms with van der Waals surface area (Å²) < 4.78 is 27.2. The molecule has 2 N–H and O–H groups in total. The summed E-state index contributed by atoms with van der Waals surface area (Å²) in [4.78, 5) is 11.7. The number of carbonyl (C=O) groups is 1. The van der Waals surface area contributed by atoms with Crippen molar-refractivity contribution in [2.75, 3.05) is 32.6 Å². The van der Waals surface area contributed by atoms with Crippen LogP contribution >= 0.6 is 0 Å². The normalized spacial score (nSPS) is 21.6. The van der Waals surface area contributed by atoms with E-state index in [1.165, 1.54) is 6.26 Å². The zero-order valence-corrected chi connectivity index (χ0v) is 12.0. The number of carbonyl (C=O) groups excluding carboxylic acids is 1. The first-order chi connectivity index (χ1) is 8.22. The van der Waals surface area contributed by atoms with Crippen molar-refractivity contribution in [3.8, 4) is 0 Å². The van der Waals surface area contributed by atoms with E-state index in [1.807, 2.05) is 0 Å². The fourth-order valence-electron chi connectivity index (χ4n) is 1.49. The molecule has 0 aromatic rings. The molecule has 0 saturated carbocycles. The van der Waals surface area contributed by atoms with Crippen molar-refractivity contribution >= 4 is 15.7 Å². The van der Waals surface area contributed by atoms with Crippen molar-refractivity contribution in [3.05, 3.63) is 0 Å². The molecule has 0 bridgehead atoms. The van der Waals surface area contributed by atoms with Crippen molar-refractivity contribution in [3.63, 3.8) is 0 Å². The quantitative estimate of drug-likeness (QED) is 0.695. The van der Waals surface area contributed by atoms with Crippen LogP contribution in [0.15, 0.2) is 0 Å². The van der Waals surface area contributed by atoms with Crippen LogP contribution in [0.4, 0.5) is 0 Å². The molecule has 1 rings (SSSR count). The van der Waals surface area contributed by atoms with Crippen LogP contribution in [0.1, 0.15) is 20.3 Å². The molecule has 106 valence electrons. The third-order valence-electron chi connectivity index (χ3n) is 3.15. The minimum Gasteiger partial charge on any atom is -0.378 e. The fraction of sp³-hybridized carbons (Fsp3) is 0.909. The van der Waals surface area contributed by atoms with Crippen molar-refractivity contribution in [1.29, 1.82) is 0 Å². The molecule has 1 unspecified atom stereocenters. The van der Waals surface area contributed by atoms with Crippen molar-refractivity contribution in [2.45, 2.75) is 31.1 Å². The van der Waals surface area contributed by atoms with Crippen LogP contribution in [-0.4, -0.2) is 57.7 Å². The highest BCUT2D eigenvalue weighted by Crippen LogP contribution is 2.13. The van der Waals surface area contributed by atoms with Gasteiger partial charge >= 0.3 is 0 Å². The first-order valence-electron chi connectivity index (χ1n) is 6.00. The highest BCUT2D eigenvalue weighted by atomic mass is 32.2. The van der Waals surface area contributed by atoms with Gasteiger partial charge in [-0.15, -0.1) is 0 Å². The molecule has 1 aliphatic rings. The summed E-state index contributed by atoms with van der Waals surface area (Å²) in [5.74, 6) is -0.158. The number of hydrogen-bond acceptors (Lipinski definition) is 5. The maximum atomic E-state index is 11.7. The Labute approximate surface area is 108 Å². The van der Waals surface area contributed by atoms with Gasteiger partial charge in [-0.25, -0.2) is 8.42 Å². The van der Waals surface area contributed by atoms with E-state index in [0.717, 1.165) is 6.54 Å². The van der Waals surface area contributed by atoms with E-state index in [9.17, 15) is 13.2 Å². The Morgan fingerprint density at radius 3 is 2.67 bits per heavy atom. The average molecular weight is 278 g/mol. The largest absolute Gasteiger partial charge is 0.378 e. The van der Waals surface area contributed by atoms with Crippen molar-refractivity contribution in [2.24, 2.45) is 0 Å². The van der Waals surface area contributed by atoms with Gasteiger partial charge in [0.2, 0.25) is 5.91 Å². The molecular formula is C11H22N2O4S. The number of ether oxygens (including phenoxy) is 1. The molecule has 18 heavy (non-hydrogen) atoms. The highest BCUT2D eigenvalue weighted by Gasteiger charge is 2.30. The van der Waals surface area contributed by atoms with Gasteiger partial charge in [-0.1, -0.05) is 0 Å². The monoisotopic (exact) mass is 278 g/mol. The number of rotatable bonds is 5. The predicted octanol–water partition coefficient (Wildman–Crippen LogP) is -0.696. The summed E-state index contributed by atoms with van der Waals surface area (Å²) in [5.41, 5.74) is 0. The summed E-state index contributed by atoms with van der Waals surface area (Å²) in [6, 6.07) is 0.0140. The molecule has 0 aromatic heterocycles. The second-order valence-electron chi connectivity index (χ2n) is 5.24. The Balaban J connectivity index is 2.37. The molecule has 6 nitrogen and oxygen atoms in total. The molecule has 1 amide bonds. The lowest BCUT2D eigenvalue weighted by atomic mass is 10.1. The van der Waals surface area contributed by atoms with Crippen molar-refractivity contribution in [1.82, 2.24) is 10.6 Å². The molecule has 1 fully saturated rings. The third kappa shape index (κ3) is 4.55. The van der Waals surface area contributed by atoms with Gasteiger partial charge in [0.25, 0.3) is 0 Å². The number of nitrogens with one attached hydrogen (secondary N) is 2. The molecule has 0 aromatic carbocycles. The maximum absolute atomic E-state index is 11.7. The van der Waals surface area contributed by atoms with E-state index in [2.05, 4.69) is 10.6 Å². The number of morpholine rings is 1. The van der Waals surface area contributed by atoms with Gasteiger partial charge in [0, 0.05) is 31.8 Å². The fourth-order valence-corrected chi connectivity index (χ4v) is 1.82. The van der Waals surface area contributed by atoms with E-state index in [0.29, 0.717) is 19.6 Å². The Bertz CT molecular complexity index is 386. The standard InChI is InChI=1S/C11H22N2O4S/c1-11(2,18(3,15)16)8-13-10(14)6-9-7-17-5-4-12-9/h9,12H,4-8H2,1-3H3,(H,13,14). The summed E-state index contributed by atoms with van der Waals surface area (Å²) in [5, 5.41) is 5.84. The summed E-state index contributed by atoms with van der Waals surface area (Å²) in [6.07, 6.45) is 1.48. The van der Waals surface area contributed by atoms with Gasteiger partial charge in [0.05, 0.1) is 18.0 Å². The van der Waals surface area contributed by atoms with Crippen LogP contribution in [0, 0.1) is 0 Å². The number of hydrogen-bond donors (Lipinski definition) is 2. The molecule has 0 radical (unpaired) electrons. The number of amides is 1. The Kier molecular flexibility index (Phi) is 5.12. The zero-order valence-electron chi connectivity index (χ0n) is 11.2. The molecule has 1 atom stereocenters. The van der Waals surface area contributed by atoms with Gasteiger partial charge in [0.15, 0.2) is 9.84 Å². The maximum Gasteiger partial charge on any atom is 0.221 e.